The van der Waals surface area contributed by atoms with Crippen LogP contribution < -0.4 is 0 Å². The molecule has 3 atom stereocenters. The zero-order valence-corrected chi connectivity index (χ0v) is 8.42. The van der Waals surface area contributed by atoms with E-state index in [1.165, 1.54) is 5.57 Å². The lowest BCUT2D eigenvalue weighted by Gasteiger charge is -2.30. The maximum Gasteiger partial charge on any atom is 0.133 e. The summed E-state index contributed by atoms with van der Waals surface area (Å²) >= 11 is 0. The summed E-state index contributed by atoms with van der Waals surface area (Å²) in [6, 6.07) is 0. The van der Waals surface area contributed by atoms with E-state index in [-0.39, 0.29) is 5.92 Å². The molecule has 12 heavy (non-hydrogen) atoms. The average Bonchev–Trinajstić information content (AvgIpc) is 1.96. The molecule has 1 rings (SSSR count). The minimum absolute atomic E-state index is 0.269. The number of Topliss-reactive ketones (excluding diaryl/α,β-unsaturated/α-hetero) is 1. The molecule has 0 heterocycles. The van der Waals surface area contributed by atoms with E-state index in [0.29, 0.717) is 17.6 Å². The Labute approximate surface area is 74.9 Å². The van der Waals surface area contributed by atoms with Gasteiger partial charge in [0.25, 0.3) is 0 Å². The molecule has 0 saturated heterocycles. The van der Waals surface area contributed by atoms with Crippen molar-refractivity contribution in [2.45, 2.75) is 34.1 Å². The van der Waals surface area contributed by atoms with Crippen LogP contribution in [0, 0.1) is 17.8 Å². The SMILES string of the molecule is CC(=O)[C@@H]1CC(C)=C[C@H](C)[C@@H]1C. The van der Waals surface area contributed by atoms with Gasteiger partial charge in [0, 0.05) is 5.92 Å². The smallest absolute Gasteiger partial charge is 0.133 e. The van der Waals surface area contributed by atoms with E-state index >= 15 is 0 Å². The van der Waals surface area contributed by atoms with Crippen molar-refractivity contribution >= 4 is 5.78 Å². The second-order valence-electron chi connectivity index (χ2n) is 4.15. The molecule has 0 radical (unpaired) electrons. The van der Waals surface area contributed by atoms with Gasteiger partial charge in [-0.3, -0.25) is 4.79 Å². The monoisotopic (exact) mass is 166 g/mol. The molecule has 0 aromatic carbocycles. The van der Waals surface area contributed by atoms with Crippen LogP contribution in [0.15, 0.2) is 11.6 Å². The molecule has 1 aliphatic carbocycles. The Morgan fingerprint density at radius 2 is 2.08 bits per heavy atom. The maximum absolute atomic E-state index is 11.3. The fourth-order valence-electron chi connectivity index (χ4n) is 2.08. The molecule has 68 valence electrons. The number of rotatable bonds is 1. The van der Waals surface area contributed by atoms with Gasteiger partial charge < -0.3 is 0 Å². The quantitative estimate of drug-likeness (QED) is 0.547. The van der Waals surface area contributed by atoms with Gasteiger partial charge in [-0.25, -0.2) is 0 Å². The highest BCUT2D eigenvalue weighted by Gasteiger charge is 2.28. The maximum atomic E-state index is 11.3. The molecule has 0 fully saturated rings. The molecular formula is C11H18O. The first-order chi connectivity index (χ1) is 5.52. The molecule has 0 aliphatic heterocycles. The summed E-state index contributed by atoms with van der Waals surface area (Å²) in [5.41, 5.74) is 1.38. The summed E-state index contributed by atoms with van der Waals surface area (Å²) in [5.74, 6) is 1.70. The summed E-state index contributed by atoms with van der Waals surface area (Å²) in [5, 5.41) is 0. The Bertz CT molecular complexity index is 215. The second kappa shape index (κ2) is 3.42. The molecule has 0 bridgehead atoms. The molecule has 0 aromatic heterocycles. The van der Waals surface area contributed by atoms with Crippen molar-refractivity contribution in [2.24, 2.45) is 17.8 Å². The first-order valence-electron chi connectivity index (χ1n) is 4.70. The van der Waals surface area contributed by atoms with Gasteiger partial charge >= 0.3 is 0 Å². The van der Waals surface area contributed by atoms with Gasteiger partial charge in [-0.2, -0.15) is 0 Å². The summed E-state index contributed by atoms with van der Waals surface area (Å²) in [6.07, 6.45) is 3.27. The molecule has 1 aliphatic rings. The Balaban J connectivity index is 2.80. The van der Waals surface area contributed by atoms with Crippen LogP contribution in [-0.4, -0.2) is 5.78 Å². The normalized spacial score (nSPS) is 36.0. The van der Waals surface area contributed by atoms with Crippen LogP contribution >= 0.6 is 0 Å². The minimum atomic E-state index is 0.269. The van der Waals surface area contributed by atoms with E-state index in [4.69, 9.17) is 0 Å². The summed E-state index contributed by atoms with van der Waals surface area (Å²) in [7, 11) is 0. The van der Waals surface area contributed by atoms with E-state index in [9.17, 15) is 4.79 Å². The van der Waals surface area contributed by atoms with E-state index in [1.807, 2.05) is 0 Å². The molecular weight excluding hydrogens is 148 g/mol. The van der Waals surface area contributed by atoms with Crippen LogP contribution in [0.25, 0.3) is 0 Å². The summed E-state index contributed by atoms with van der Waals surface area (Å²) < 4.78 is 0. The Kier molecular flexibility index (Phi) is 2.71. The first kappa shape index (κ1) is 9.50. The molecule has 1 nitrogen and oxygen atoms in total. The predicted octanol–water partition coefficient (Wildman–Crippen LogP) is 2.81. The number of ketones is 1. The Morgan fingerprint density at radius 3 is 2.58 bits per heavy atom. The topological polar surface area (TPSA) is 17.1 Å². The van der Waals surface area contributed by atoms with Gasteiger partial charge in [0.15, 0.2) is 0 Å². The van der Waals surface area contributed by atoms with Crippen LogP contribution in [0.1, 0.15) is 34.1 Å². The fraction of sp³-hybridized carbons (Fsp3) is 0.727. The molecule has 0 spiro atoms. The van der Waals surface area contributed by atoms with Crippen molar-refractivity contribution < 1.29 is 4.79 Å². The van der Waals surface area contributed by atoms with Gasteiger partial charge in [0.1, 0.15) is 5.78 Å². The number of hydrogen-bond acceptors (Lipinski definition) is 1. The van der Waals surface area contributed by atoms with Crippen molar-refractivity contribution in [1.29, 1.82) is 0 Å². The van der Waals surface area contributed by atoms with Crippen LogP contribution in [0.3, 0.4) is 0 Å². The van der Waals surface area contributed by atoms with Crippen molar-refractivity contribution in [3.8, 4) is 0 Å². The summed E-state index contributed by atoms with van der Waals surface area (Å²) in [6.45, 7) is 8.22. The standard InChI is InChI=1S/C11H18O/c1-7-5-8(2)9(3)11(6-7)10(4)12/h5,8-9,11H,6H2,1-4H3/t8-,9-,11+/m0/s1. The van der Waals surface area contributed by atoms with Crippen molar-refractivity contribution in [1.82, 2.24) is 0 Å². The number of allylic oxidation sites excluding steroid dienone is 2. The van der Waals surface area contributed by atoms with Crippen LogP contribution in [-0.2, 0) is 4.79 Å². The Hall–Kier alpha value is -0.590. The molecule has 0 unspecified atom stereocenters. The van der Waals surface area contributed by atoms with Crippen molar-refractivity contribution in [2.75, 3.05) is 0 Å². The predicted molar refractivity (Wildman–Crippen MR) is 50.9 cm³/mol. The number of carbonyl (C=O) groups excluding carboxylic acids is 1. The third kappa shape index (κ3) is 1.77. The third-order valence-electron chi connectivity index (χ3n) is 3.08. The van der Waals surface area contributed by atoms with E-state index in [1.54, 1.807) is 6.92 Å². The molecule has 0 aromatic rings. The van der Waals surface area contributed by atoms with Crippen molar-refractivity contribution in [3.05, 3.63) is 11.6 Å². The van der Waals surface area contributed by atoms with Gasteiger partial charge in [0.2, 0.25) is 0 Å². The molecule has 0 amide bonds. The third-order valence-corrected chi connectivity index (χ3v) is 3.08. The lowest BCUT2D eigenvalue weighted by atomic mass is 9.73. The van der Waals surface area contributed by atoms with Gasteiger partial charge in [-0.1, -0.05) is 25.5 Å². The minimum Gasteiger partial charge on any atom is -0.300 e. The van der Waals surface area contributed by atoms with Crippen LogP contribution in [0.5, 0.6) is 0 Å². The van der Waals surface area contributed by atoms with E-state index in [0.717, 1.165) is 6.42 Å². The summed E-state index contributed by atoms with van der Waals surface area (Å²) in [4.78, 5) is 11.3. The molecule has 1 heteroatoms. The lowest BCUT2D eigenvalue weighted by Crippen LogP contribution is -2.27. The second-order valence-corrected chi connectivity index (χ2v) is 4.15. The number of hydrogen-bond donors (Lipinski definition) is 0. The fourth-order valence-corrected chi connectivity index (χ4v) is 2.08. The number of carbonyl (C=O) groups is 1. The van der Waals surface area contributed by atoms with E-state index in [2.05, 4.69) is 26.8 Å². The van der Waals surface area contributed by atoms with Crippen LogP contribution in [0.4, 0.5) is 0 Å². The van der Waals surface area contributed by atoms with Gasteiger partial charge in [0.05, 0.1) is 0 Å². The van der Waals surface area contributed by atoms with E-state index < -0.39 is 0 Å². The van der Waals surface area contributed by atoms with Crippen LogP contribution in [0.2, 0.25) is 0 Å². The zero-order chi connectivity index (χ0) is 9.30. The largest absolute Gasteiger partial charge is 0.300 e. The molecule has 0 saturated carbocycles. The first-order valence-corrected chi connectivity index (χ1v) is 4.70. The zero-order valence-electron chi connectivity index (χ0n) is 8.42. The van der Waals surface area contributed by atoms with Crippen molar-refractivity contribution in [3.63, 3.8) is 0 Å². The van der Waals surface area contributed by atoms with Gasteiger partial charge in [-0.15, -0.1) is 0 Å². The average molecular weight is 166 g/mol. The lowest BCUT2D eigenvalue weighted by molar-refractivity contribution is -0.122. The Morgan fingerprint density at radius 1 is 1.50 bits per heavy atom. The highest BCUT2D eigenvalue weighted by molar-refractivity contribution is 5.79. The highest BCUT2D eigenvalue weighted by Crippen LogP contribution is 2.33. The highest BCUT2D eigenvalue weighted by atomic mass is 16.1. The van der Waals surface area contributed by atoms with Gasteiger partial charge in [-0.05, 0) is 32.1 Å². The molecule has 0 N–H and O–H groups in total.